The zero-order valence-corrected chi connectivity index (χ0v) is 19.1. The van der Waals surface area contributed by atoms with Gasteiger partial charge in [0, 0.05) is 24.3 Å². The molecule has 6 heteroatoms. The van der Waals surface area contributed by atoms with E-state index in [0.717, 1.165) is 54.9 Å². The van der Waals surface area contributed by atoms with Gasteiger partial charge < -0.3 is 19.5 Å². The highest BCUT2D eigenvalue weighted by Gasteiger charge is 2.27. The molecule has 1 fully saturated rings. The summed E-state index contributed by atoms with van der Waals surface area (Å²) in [6.45, 7) is 9.43. The Bertz CT molecular complexity index is 883. The maximum atomic E-state index is 12.2. The van der Waals surface area contributed by atoms with Crippen molar-refractivity contribution < 1.29 is 19.4 Å². The van der Waals surface area contributed by atoms with Gasteiger partial charge in [-0.15, -0.1) is 0 Å². The molecular weight excluding hydrogens is 392 g/mol. The van der Waals surface area contributed by atoms with Crippen molar-refractivity contribution in [1.82, 2.24) is 9.88 Å². The zero-order chi connectivity index (χ0) is 22.4. The molecule has 0 atom stereocenters. The van der Waals surface area contributed by atoms with Gasteiger partial charge in [0.2, 0.25) is 0 Å². The summed E-state index contributed by atoms with van der Waals surface area (Å²) in [7, 11) is 0. The highest BCUT2D eigenvalue weighted by molar-refractivity contribution is 5.68. The second kappa shape index (κ2) is 10.1. The highest BCUT2D eigenvalue weighted by Crippen LogP contribution is 2.24. The predicted octanol–water partition coefficient (Wildman–Crippen LogP) is 4.65. The fraction of sp³-hybridized carbons (Fsp3) is 0.520. The van der Waals surface area contributed by atoms with Gasteiger partial charge in [-0.05, 0) is 71.1 Å². The van der Waals surface area contributed by atoms with Crippen LogP contribution in [0.3, 0.4) is 0 Å². The van der Waals surface area contributed by atoms with Gasteiger partial charge in [-0.25, -0.2) is 4.79 Å². The first-order valence-electron chi connectivity index (χ1n) is 11.0. The standard InChI is InChI=1S/C25H34N2O4/c1-18-8-9-23(20(14-18)16-28)30-17-22-7-5-6-21(26-22)15-19-10-12-27(13-11-19)24(29)31-25(2,3)4/h5-9,14,19,28H,10-13,15-17H2,1-4H3. The third-order valence-electron chi connectivity index (χ3n) is 5.39. The fourth-order valence-electron chi connectivity index (χ4n) is 3.79. The number of likely N-dealkylation sites (tertiary alicyclic amines) is 1. The minimum atomic E-state index is -0.461. The van der Waals surface area contributed by atoms with Crippen molar-refractivity contribution in [3.05, 3.63) is 58.9 Å². The van der Waals surface area contributed by atoms with Crippen LogP contribution in [0.5, 0.6) is 5.75 Å². The van der Waals surface area contributed by atoms with E-state index in [-0.39, 0.29) is 12.7 Å². The number of aliphatic hydroxyl groups is 1. The Morgan fingerprint density at radius 1 is 1.16 bits per heavy atom. The van der Waals surface area contributed by atoms with Gasteiger partial charge >= 0.3 is 6.09 Å². The van der Waals surface area contributed by atoms with Gasteiger partial charge in [0.1, 0.15) is 18.0 Å². The van der Waals surface area contributed by atoms with E-state index >= 15 is 0 Å². The van der Waals surface area contributed by atoms with E-state index in [9.17, 15) is 9.90 Å². The molecular formula is C25H34N2O4. The van der Waals surface area contributed by atoms with Crippen molar-refractivity contribution in [1.29, 1.82) is 0 Å². The number of benzene rings is 1. The minimum absolute atomic E-state index is 0.0491. The summed E-state index contributed by atoms with van der Waals surface area (Å²) in [6, 6.07) is 11.8. The van der Waals surface area contributed by atoms with Gasteiger partial charge in [0.15, 0.2) is 0 Å². The SMILES string of the molecule is Cc1ccc(OCc2cccc(CC3CCN(C(=O)OC(C)(C)C)CC3)n2)c(CO)c1. The molecule has 2 heterocycles. The van der Waals surface area contributed by atoms with E-state index in [4.69, 9.17) is 14.5 Å². The van der Waals surface area contributed by atoms with Crippen LogP contribution < -0.4 is 4.74 Å². The molecule has 0 aliphatic carbocycles. The number of piperidine rings is 1. The van der Waals surface area contributed by atoms with Crippen LogP contribution in [0.15, 0.2) is 36.4 Å². The molecule has 1 aromatic carbocycles. The summed E-state index contributed by atoms with van der Waals surface area (Å²) >= 11 is 0. The first-order valence-corrected chi connectivity index (χ1v) is 11.0. The molecule has 168 valence electrons. The topological polar surface area (TPSA) is 71.9 Å². The summed E-state index contributed by atoms with van der Waals surface area (Å²) < 4.78 is 11.4. The Morgan fingerprint density at radius 3 is 2.55 bits per heavy atom. The molecule has 0 saturated carbocycles. The first-order chi connectivity index (χ1) is 14.7. The zero-order valence-electron chi connectivity index (χ0n) is 19.1. The quantitative estimate of drug-likeness (QED) is 0.728. The lowest BCUT2D eigenvalue weighted by atomic mass is 9.92. The second-order valence-electron chi connectivity index (χ2n) is 9.29. The molecule has 3 rings (SSSR count). The van der Waals surface area contributed by atoms with E-state index < -0.39 is 5.60 Å². The van der Waals surface area contributed by atoms with Gasteiger partial charge in [0.25, 0.3) is 0 Å². The Labute approximate surface area is 185 Å². The molecule has 1 amide bonds. The largest absolute Gasteiger partial charge is 0.487 e. The third kappa shape index (κ3) is 6.96. The molecule has 1 aromatic heterocycles. The summed E-state index contributed by atoms with van der Waals surface area (Å²) in [5, 5.41) is 9.55. The number of hydrogen-bond acceptors (Lipinski definition) is 5. The van der Waals surface area contributed by atoms with Crippen molar-refractivity contribution in [2.45, 2.75) is 65.8 Å². The Hall–Kier alpha value is -2.60. The fourth-order valence-corrected chi connectivity index (χ4v) is 3.79. The van der Waals surface area contributed by atoms with Crippen molar-refractivity contribution in [3.63, 3.8) is 0 Å². The summed E-state index contributed by atoms with van der Waals surface area (Å²) in [6.07, 6.45) is 2.57. The molecule has 0 radical (unpaired) electrons. The van der Waals surface area contributed by atoms with Crippen LogP contribution in [0.1, 0.15) is 56.1 Å². The van der Waals surface area contributed by atoms with Crippen LogP contribution in [-0.2, 0) is 24.4 Å². The number of rotatable bonds is 6. The van der Waals surface area contributed by atoms with E-state index in [0.29, 0.717) is 18.3 Å². The number of ether oxygens (including phenoxy) is 2. The maximum absolute atomic E-state index is 12.2. The monoisotopic (exact) mass is 426 g/mol. The van der Waals surface area contributed by atoms with Crippen LogP contribution >= 0.6 is 0 Å². The van der Waals surface area contributed by atoms with Crippen LogP contribution in [0.25, 0.3) is 0 Å². The van der Waals surface area contributed by atoms with Crippen molar-refractivity contribution in [2.24, 2.45) is 5.92 Å². The normalized spacial score (nSPS) is 15.1. The second-order valence-corrected chi connectivity index (χ2v) is 9.29. The average Bonchev–Trinajstić information content (AvgIpc) is 2.72. The number of aliphatic hydroxyl groups excluding tert-OH is 1. The molecule has 0 spiro atoms. The number of pyridine rings is 1. The number of aryl methyl sites for hydroxylation is 1. The number of hydrogen-bond donors (Lipinski definition) is 1. The minimum Gasteiger partial charge on any atom is -0.487 e. The van der Waals surface area contributed by atoms with Gasteiger partial charge in [-0.3, -0.25) is 4.98 Å². The van der Waals surface area contributed by atoms with E-state index in [1.54, 1.807) is 4.90 Å². The molecule has 1 N–H and O–H groups in total. The number of carbonyl (C=O) groups excluding carboxylic acids is 1. The average molecular weight is 427 g/mol. The van der Waals surface area contributed by atoms with Gasteiger partial charge in [0.05, 0.1) is 12.3 Å². The van der Waals surface area contributed by atoms with Crippen molar-refractivity contribution in [2.75, 3.05) is 13.1 Å². The molecule has 1 saturated heterocycles. The molecule has 2 aromatic rings. The lowest BCUT2D eigenvalue weighted by Gasteiger charge is -2.33. The number of nitrogens with zero attached hydrogens (tertiary/aromatic N) is 2. The number of amides is 1. The highest BCUT2D eigenvalue weighted by atomic mass is 16.6. The molecule has 1 aliphatic rings. The van der Waals surface area contributed by atoms with E-state index in [1.807, 2.05) is 58.0 Å². The predicted molar refractivity (Wildman–Crippen MR) is 120 cm³/mol. The van der Waals surface area contributed by atoms with Crippen LogP contribution in [0.2, 0.25) is 0 Å². The molecule has 1 aliphatic heterocycles. The van der Waals surface area contributed by atoms with Crippen LogP contribution in [-0.4, -0.2) is 39.8 Å². The summed E-state index contributed by atoms with van der Waals surface area (Å²) in [4.78, 5) is 18.8. The summed E-state index contributed by atoms with van der Waals surface area (Å²) in [5.74, 6) is 1.19. The third-order valence-corrected chi connectivity index (χ3v) is 5.39. The van der Waals surface area contributed by atoms with Gasteiger partial charge in [-0.2, -0.15) is 0 Å². The number of aromatic nitrogens is 1. The summed E-state index contributed by atoms with van der Waals surface area (Å²) in [5.41, 5.74) is 3.33. The van der Waals surface area contributed by atoms with Crippen molar-refractivity contribution >= 4 is 6.09 Å². The molecule has 31 heavy (non-hydrogen) atoms. The maximum Gasteiger partial charge on any atom is 0.410 e. The van der Waals surface area contributed by atoms with Crippen LogP contribution in [0.4, 0.5) is 4.79 Å². The van der Waals surface area contributed by atoms with Gasteiger partial charge in [-0.1, -0.05) is 23.8 Å². The van der Waals surface area contributed by atoms with E-state index in [2.05, 4.69) is 6.07 Å². The van der Waals surface area contributed by atoms with Crippen LogP contribution in [0, 0.1) is 12.8 Å². The lowest BCUT2D eigenvalue weighted by molar-refractivity contribution is 0.0184. The molecule has 6 nitrogen and oxygen atoms in total. The van der Waals surface area contributed by atoms with Crippen molar-refractivity contribution in [3.8, 4) is 5.75 Å². The lowest BCUT2D eigenvalue weighted by Crippen LogP contribution is -2.42. The Morgan fingerprint density at radius 2 is 1.87 bits per heavy atom. The Kier molecular flexibility index (Phi) is 7.55. The first kappa shape index (κ1) is 23.1. The molecule has 0 unspecified atom stereocenters. The smallest absolute Gasteiger partial charge is 0.410 e. The Balaban J connectivity index is 1.52. The van der Waals surface area contributed by atoms with E-state index in [1.165, 1.54) is 0 Å². The molecule has 0 bridgehead atoms. The number of carbonyl (C=O) groups is 1.